The molecule has 10 heteroatoms. The fraction of sp³-hybridized carbons (Fsp3) is 0.500. The number of anilines is 1. The van der Waals surface area contributed by atoms with Crippen molar-refractivity contribution in [2.75, 3.05) is 37.6 Å². The van der Waals surface area contributed by atoms with Gasteiger partial charge in [-0.05, 0) is 62.8 Å². The molecule has 2 saturated heterocycles. The zero-order valence-corrected chi connectivity index (χ0v) is 20.8. The van der Waals surface area contributed by atoms with Crippen LogP contribution in [0.3, 0.4) is 0 Å². The van der Waals surface area contributed by atoms with Gasteiger partial charge in [0, 0.05) is 29.7 Å². The van der Waals surface area contributed by atoms with Crippen LogP contribution in [0, 0.1) is 18.8 Å². The topological polar surface area (TPSA) is 87.4 Å². The number of benzene rings is 1. The van der Waals surface area contributed by atoms with Crippen LogP contribution in [0.15, 0.2) is 24.4 Å². The number of hydrogen-bond donors (Lipinski definition) is 1. The standard InChI is InChI=1S/C24H28Cl2N6O2/c1-14-23-24(32(29-14)15(2)19-6-5-18(25)8-20(19)26)28-21(9-27-23)31-11-17(12-31)16-4-3-7-30(10-16)13-22(33)34/h5-6,8-9,15-17H,3-4,7,10-13H2,1-2H3,(H,33,34)/t15-,16?/m1/s1. The van der Waals surface area contributed by atoms with Crippen LogP contribution in [0.5, 0.6) is 0 Å². The number of aryl methyl sites for hydroxylation is 1. The van der Waals surface area contributed by atoms with Crippen LogP contribution in [0.25, 0.3) is 11.2 Å². The highest BCUT2D eigenvalue weighted by Crippen LogP contribution is 2.35. The van der Waals surface area contributed by atoms with Crippen LogP contribution in [-0.2, 0) is 4.79 Å². The predicted molar refractivity (Wildman–Crippen MR) is 133 cm³/mol. The highest BCUT2D eigenvalue weighted by atomic mass is 35.5. The quantitative estimate of drug-likeness (QED) is 0.537. The minimum atomic E-state index is -0.750. The van der Waals surface area contributed by atoms with E-state index < -0.39 is 5.97 Å². The first-order chi connectivity index (χ1) is 16.3. The number of aliphatic carboxylic acids is 1. The Hall–Kier alpha value is -2.42. The molecule has 0 radical (unpaired) electrons. The maximum Gasteiger partial charge on any atom is 0.317 e. The first-order valence-corrected chi connectivity index (χ1v) is 12.4. The molecule has 180 valence electrons. The van der Waals surface area contributed by atoms with Crippen molar-refractivity contribution in [3.8, 4) is 0 Å². The highest BCUT2D eigenvalue weighted by Gasteiger charge is 2.37. The van der Waals surface area contributed by atoms with E-state index in [4.69, 9.17) is 38.4 Å². The van der Waals surface area contributed by atoms with Gasteiger partial charge in [0.1, 0.15) is 11.3 Å². The van der Waals surface area contributed by atoms with Gasteiger partial charge in [-0.1, -0.05) is 29.3 Å². The Morgan fingerprint density at radius 1 is 1.24 bits per heavy atom. The number of rotatable bonds is 6. The van der Waals surface area contributed by atoms with Gasteiger partial charge in [0.05, 0.1) is 24.5 Å². The summed E-state index contributed by atoms with van der Waals surface area (Å²) in [5.74, 6) is 1.17. The zero-order valence-electron chi connectivity index (χ0n) is 19.3. The molecule has 0 bridgehead atoms. The molecule has 3 aromatic rings. The fourth-order valence-electron chi connectivity index (χ4n) is 5.24. The molecule has 1 unspecified atom stereocenters. The number of carboxylic acid groups (broad SMARTS) is 1. The van der Waals surface area contributed by atoms with Crippen molar-refractivity contribution >= 4 is 46.2 Å². The molecular weight excluding hydrogens is 475 g/mol. The second-order valence-corrected chi connectivity index (χ2v) is 10.3. The molecule has 5 rings (SSSR count). The molecule has 1 N–H and O–H groups in total. The normalized spacial score (nSPS) is 20.5. The Morgan fingerprint density at radius 2 is 2.03 bits per heavy atom. The fourth-order valence-corrected chi connectivity index (χ4v) is 5.81. The molecule has 2 aromatic heterocycles. The lowest BCUT2D eigenvalue weighted by atomic mass is 9.80. The lowest BCUT2D eigenvalue weighted by Crippen LogP contribution is -2.54. The molecule has 0 aliphatic carbocycles. The second-order valence-electron chi connectivity index (χ2n) is 9.47. The summed E-state index contributed by atoms with van der Waals surface area (Å²) in [7, 11) is 0. The Morgan fingerprint density at radius 3 is 2.76 bits per heavy atom. The first kappa shape index (κ1) is 23.3. The van der Waals surface area contributed by atoms with Crippen LogP contribution in [0.2, 0.25) is 10.0 Å². The Labute approximate surface area is 208 Å². The summed E-state index contributed by atoms with van der Waals surface area (Å²) >= 11 is 12.5. The van der Waals surface area contributed by atoms with Crippen molar-refractivity contribution in [3.05, 3.63) is 45.7 Å². The van der Waals surface area contributed by atoms with Gasteiger partial charge >= 0.3 is 5.97 Å². The van der Waals surface area contributed by atoms with E-state index in [1.807, 2.05) is 36.9 Å². The third kappa shape index (κ3) is 4.46. The molecule has 8 nitrogen and oxygen atoms in total. The number of aromatic nitrogens is 4. The molecule has 4 heterocycles. The minimum absolute atomic E-state index is 0.128. The summed E-state index contributed by atoms with van der Waals surface area (Å²) in [6.07, 6.45) is 4.05. The minimum Gasteiger partial charge on any atom is -0.480 e. The highest BCUT2D eigenvalue weighted by molar-refractivity contribution is 6.35. The van der Waals surface area contributed by atoms with E-state index in [0.29, 0.717) is 21.9 Å². The lowest BCUT2D eigenvalue weighted by molar-refractivity contribution is -0.138. The number of likely N-dealkylation sites (tertiary alicyclic amines) is 1. The molecule has 34 heavy (non-hydrogen) atoms. The van der Waals surface area contributed by atoms with Gasteiger partial charge in [-0.15, -0.1) is 0 Å². The maximum atomic E-state index is 11.1. The zero-order chi connectivity index (χ0) is 24.0. The van der Waals surface area contributed by atoms with Crippen LogP contribution in [-0.4, -0.2) is 68.4 Å². The van der Waals surface area contributed by atoms with Gasteiger partial charge in [0.25, 0.3) is 0 Å². The van der Waals surface area contributed by atoms with Gasteiger partial charge in [-0.3, -0.25) is 9.69 Å². The van der Waals surface area contributed by atoms with E-state index in [9.17, 15) is 4.79 Å². The number of carboxylic acids is 1. The van der Waals surface area contributed by atoms with Crippen molar-refractivity contribution in [3.63, 3.8) is 0 Å². The first-order valence-electron chi connectivity index (χ1n) is 11.7. The van der Waals surface area contributed by atoms with E-state index in [2.05, 4.69) is 14.8 Å². The maximum absolute atomic E-state index is 11.1. The number of carbonyl (C=O) groups is 1. The van der Waals surface area contributed by atoms with Crippen molar-refractivity contribution in [2.24, 2.45) is 11.8 Å². The summed E-state index contributed by atoms with van der Waals surface area (Å²) in [6.45, 7) is 7.68. The van der Waals surface area contributed by atoms with Crippen LogP contribution in [0.1, 0.15) is 37.1 Å². The van der Waals surface area contributed by atoms with Crippen LogP contribution < -0.4 is 4.90 Å². The predicted octanol–water partition coefficient (Wildman–Crippen LogP) is 4.28. The van der Waals surface area contributed by atoms with Gasteiger partial charge in [0.2, 0.25) is 0 Å². The third-order valence-electron chi connectivity index (χ3n) is 7.14. The Bertz CT molecular complexity index is 1230. The molecule has 2 fully saturated rings. The van der Waals surface area contributed by atoms with Crippen molar-refractivity contribution in [1.82, 2.24) is 24.6 Å². The van der Waals surface area contributed by atoms with Crippen molar-refractivity contribution in [2.45, 2.75) is 32.7 Å². The summed E-state index contributed by atoms with van der Waals surface area (Å²) in [4.78, 5) is 25.0. The van der Waals surface area contributed by atoms with E-state index in [1.165, 1.54) is 0 Å². The number of fused-ring (bicyclic) bond motifs is 1. The van der Waals surface area contributed by atoms with Gasteiger partial charge in [-0.2, -0.15) is 5.10 Å². The summed E-state index contributed by atoms with van der Waals surface area (Å²) in [5.41, 5.74) is 3.28. The molecular formula is C24H28Cl2N6O2. The molecule has 1 aromatic carbocycles. The molecule has 0 saturated carbocycles. The van der Waals surface area contributed by atoms with E-state index in [0.717, 1.165) is 67.3 Å². The number of hydrogen-bond acceptors (Lipinski definition) is 6. The molecule has 2 aliphatic heterocycles. The average molecular weight is 503 g/mol. The van der Waals surface area contributed by atoms with E-state index in [-0.39, 0.29) is 12.6 Å². The third-order valence-corrected chi connectivity index (χ3v) is 7.70. The smallest absolute Gasteiger partial charge is 0.317 e. The molecule has 2 atom stereocenters. The van der Waals surface area contributed by atoms with Crippen molar-refractivity contribution < 1.29 is 9.90 Å². The lowest BCUT2D eigenvalue weighted by Gasteiger charge is -2.46. The molecule has 0 amide bonds. The van der Waals surface area contributed by atoms with E-state index >= 15 is 0 Å². The average Bonchev–Trinajstić information content (AvgIpc) is 3.08. The van der Waals surface area contributed by atoms with Crippen molar-refractivity contribution in [1.29, 1.82) is 0 Å². The number of halogens is 2. The van der Waals surface area contributed by atoms with Gasteiger partial charge < -0.3 is 10.0 Å². The largest absolute Gasteiger partial charge is 0.480 e. The number of piperidine rings is 1. The van der Waals surface area contributed by atoms with Gasteiger partial charge in [-0.25, -0.2) is 14.6 Å². The molecule has 2 aliphatic rings. The van der Waals surface area contributed by atoms with Crippen LogP contribution >= 0.6 is 23.2 Å². The summed E-state index contributed by atoms with van der Waals surface area (Å²) < 4.78 is 1.89. The monoisotopic (exact) mass is 502 g/mol. The Kier molecular flexibility index (Phi) is 6.39. The SMILES string of the molecule is Cc1nn([C@H](C)c2ccc(Cl)cc2Cl)c2nc(N3CC(C4CCCN(CC(=O)O)C4)C3)cnc12. The van der Waals surface area contributed by atoms with Gasteiger partial charge in [0.15, 0.2) is 5.65 Å². The summed E-state index contributed by atoms with van der Waals surface area (Å²) in [6, 6.07) is 5.37. The second kappa shape index (κ2) is 9.32. The Balaban J connectivity index is 1.33. The van der Waals surface area contributed by atoms with Crippen LogP contribution in [0.4, 0.5) is 5.82 Å². The summed E-state index contributed by atoms with van der Waals surface area (Å²) in [5, 5.41) is 15.0. The number of nitrogens with zero attached hydrogens (tertiary/aromatic N) is 6. The molecule has 0 spiro atoms. The van der Waals surface area contributed by atoms with E-state index in [1.54, 1.807) is 6.07 Å².